The van der Waals surface area contributed by atoms with Crippen LogP contribution in [-0.2, 0) is 14.8 Å². The second-order valence-electron chi connectivity index (χ2n) is 4.98. The normalized spacial score (nSPS) is 27.1. The smallest absolute Gasteiger partial charge is 0.262 e. The minimum Gasteiger partial charge on any atom is -0.339 e. The number of rotatable bonds is 2. The number of amides is 1. The molecule has 0 spiro atoms. The van der Waals surface area contributed by atoms with Crippen molar-refractivity contribution in [2.24, 2.45) is 0 Å². The predicted molar refractivity (Wildman–Crippen MR) is 71.6 cm³/mol. The largest absolute Gasteiger partial charge is 0.339 e. The van der Waals surface area contributed by atoms with Crippen molar-refractivity contribution in [3.05, 3.63) is 0 Å². The number of alkyl halides is 2. The van der Waals surface area contributed by atoms with Crippen LogP contribution in [0.4, 0.5) is 8.78 Å². The molecule has 2 fully saturated rings. The first-order valence-electron chi connectivity index (χ1n) is 6.04. The van der Waals surface area contributed by atoms with Gasteiger partial charge in [-0.1, -0.05) is 0 Å². The average molecular weight is 334 g/mol. The molecule has 0 aromatic rings. The van der Waals surface area contributed by atoms with Crippen LogP contribution < -0.4 is 5.32 Å². The molecular weight excluding hydrogens is 316 g/mol. The van der Waals surface area contributed by atoms with Crippen LogP contribution in [0.1, 0.15) is 6.42 Å². The highest BCUT2D eigenvalue weighted by atomic mass is 35.5. The Bertz CT molecular complexity index is 466. The van der Waals surface area contributed by atoms with Crippen molar-refractivity contribution < 1.29 is 22.0 Å². The first kappa shape index (κ1) is 17.5. The van der Waals surface area contributed by atoms with Crippen LogP contribution in [-0.4, -0.2) is 74.5 Å². The van der Waals surface area contributed by atoms with Crippen LogP contribution in [0.25, 0.3) is 0 Å². The fraction of sp³-hybridized carbons (Fsp3) is 0.900. The van der Waals surface area contributed by atoms with Crippen molar-refractivity contribution in [3.8, 4) is 0 Å². The van der Waals surface area contributed by atoms with Crippen molar-refractivity contribution in [2.45, 2.75) is 18.4 Å². The second-order valence-corrected chi connectivity index (χ2v) is 6.96. The lowest BCUT2D eigenvalue weighted by molar-refractivity contribution is -0.134. The quantitative estimate of drug-likeness (QED) is 0.740. The average Bonchev–Trinajstić information content (AvgIpc) is 2.68. The lowest BCUT2D eigenvalue weighted by Crippen LogP contribution is -2.54. The third-order valence-electron chi connectivity index (χ3n) is 3.43. The molecule has 6 nitrogen and oxygen atoms in total. The minimum absolute atomic E-state index is 0. The van der Waals surface area contributed by atoms with Crippen LogP contribution >= 0.6 is 12.4 Å². The molecular formula is C10H18ClF2N3O3S. The van der Waals surface area contributed by atoms with Gasteiger partial charge in [0.05, 0.1) is 18.8 Å². The zero-order valence-electron chi connectivity index (χ0n) is 11.0. The first-order chi connectivity index (χ1) is 8.69. The Morgan fingerprint density at radius 2 is 1.80 bits per heavy atom. The number of piperazine rings is 1. The number of hydrogen-bond acceptors (Lipinski definition) is 4. The van der Waals surface area contributed by atoms with Gasteiger partial charge in [-0.2, -0.15) is 4.31 Å². The number of nitrogens with one attached hydrogen (secondary N) is 1. The number of nitrogens with zero attached hydrogens (tertiary/aromatic N) is 2. The van der Waals surface area contributed by atoms with E-state index in [1.54, 1.807) is 0 Å². The van der Waals surface area contributed by atoms with Crippen LogP contribution in [0.15, 0.2) is 0 Å². The molecule has 20 heavy (non-hydrogen) atoms. The molecule has 2 rings (SSSR count). The summed E-state index contributed by atoms with van der Waals surface area (Å²) in [5.74, 6) is -3.21. The zero-order chi connectivity index (χ0) is 14.3. The number of halogens is 3. The van der Waals surface area contributed by atoms with E-state index >= 15 is 0 Å². The van der Waals surface area contributed by atoms with Gasteiger partial charge >= 0.3 is 0 Å². The van der Waals surface area contributed by atoms with E-state index in [0.29, 0.717) is 0 Å². The minimum atomic E-state index is -3.25. The fourth-order valence-corrected chi connectivity index (χ4v) is 3.18. The van der Waals surface area contributed by atoms with Gasteiger partial charge in [0.15, 0.2) is 0 Å². The third kappa shape index (κ3) is 4.00. The standard InChI is InChI=1S/C10H17F2N3O3S.ClH/c1-19(17,18)15-4-2-14(3-5-15)9(16)8-6-10(11,12)7-13-8;/h8,13H,2-7H2,1H3;1H. The third-order valence-corrected chi connectivity index (χ3v) is 4.73. The zero-order valence-corrected chi connectivity index (χ0v) is 12.6. The van der Waals surface area contributed by atoms with Gasteiger partial charge in [-0.15, -0.1) is 12.4 Å². The molecule has 0 radical (unpaired) electrons. The molecule has 0 aliphatic carbocycles. The fourth-order valence-electron chi connectivity index (χ4n) is 2.35. The number of hydrogen-bond donors (Lipinski definition) is 1. The summed E-state index contributed by atoms with van der Waals surface area (Å²) in [6.07, 6.45) is 0.627. The molecule has 0 aromatic carbocycles. The second kappa shape index (κ2) is 6.08. The highest BCUT2D eigenvalue weighted by molar-refractivity contribution is 7.88. The number of sulfonamides is 1. The Kier molecular flexibility index (Phi) is 5.34. The van der Waals surface area contributed by atoms with E-state index in [9.17, 15) is 22.0 Å². The van der Waals surface area contributed by atoms with E-state index in [2.05, 4.69) is 5.32 Å². The molecule has 2 aliphatic rings. The van der Waals surface area contributed by atoms with E-state index < -0.39 is 35.0 Å². The highest BCUT2D eigenvalue weighted by Crippen LogP contribution is 2.26. The summed E-state index contributed by atoms with van der Waals surface area (Å²) in [6, 6.07) is -0.861. The maximum absolute atomic E-state index is 13.0. The van der Waals surface area contributed by atoms with Gasteiger partial charge in [-0.05, 0) is 0 Å². The molecule has 10 heteroatoms. The van der Waals surface area contributed by atoms with Crippen molar-refractivity contribution in [3.63, 3.8) is 0 Å². The van der Waals surface area contributed by atoms with Crippen LogP contribution in [0, 0.1) is 0 Å². The Balaban J connectivity index is 0.00000200. The van der Waals surface area contributed by atoms with E-state index in [1.807, 2.05) is 0 Å². The molecule has 2 aliphatic heterocycles. The molecule has 0 saturated carbocycles. The molecule has 1 unspecified atom stereocenters. The Morgan fingerprint density at radius 1 is 1.25 bits per heavy atom. The van der Waals surface area contributed by atoms with Gasteiger partial charge in [-0.3, -0.25) is 10.1 Å². The van der Waals surface area contributed by atoms with Crippen molar-refractivity contribution in [1.82, 2.24) is 14.5 Å². The molecule has 2 saturated heterocycles. The molecule has 118 valence electrons. The molecule has 2 heterocycles. The van der Waals surface area contributed by atoms with E-state index in [-0.39, 0.29) is 44.5 Å². The Labute approximate surface area is 122 Å². The van der Waals surface area contributed by atoms with Crippen molar-refractivity contribution >= 4 is 28.3 Å². The molecule has 1 amide bonds. The maximum Gasteiger partial charge on any atom is 0.262 e. The summed E-state index contributed by atoms with van der Waals surface area (Å²) < 4.78 is 50.0. The van der Waals surface area contributed by atoms with Gasteiger partial charge in [0.2, 0.25) is 15.9 Å². The van der Waals surface area contributed by atoms with Gasteiger partial charge in [0, 0.05) is 32.6 Å². The maximum atomic E-state index is 13.0. The van der Waals surface area contributed by atoms with Crippen LogP contribution in [0.2, 0.25) is 0 Å². The number of carbonyl (C=O) groups is 1. The number of carbonyl (C=O) groups excluding carboxylic acids is 1. The van der Waals surface area contributed by atoms with Crippen LogP contribution in [0.5, 0.6) is 0 Å². The van der Waals surface area contributed by atoms with Gasteiger partial charge < -0.3 is 4.90 Å². The topological polar surface area (TPSA) is 69.7 Å². The summed E-state index contributed by atoms with van der Waals surface area (Å²) in [5.41, 5.74) is 0. The van der Waals surface area contributed by atoms with E-state index in [1.165, 1.54) is 9.21 Å². The summed E-state index contributed by atoms with van der Waals surface area (Å²) in [4.78, 5) is 13.5. The molecule has 1 N–H and O–H groups in total. The van der Waals surface area contributed by atoms with E-state index in [0.717, 1.165) is 6.26 Å². The molecule has 0 aromatic heterocycles. The Hall–Kier alpha value is -0.510. The summed E-state index contributed by atoms with van der Waals surface area (Å²) in [6.45, 7) is 0.444. The van der Waals surface area contributed by atoms with Gasteiger partial charge in [-0.25, -0.2) is 17.2 Å². The molecule has 0 bridgehead atoms. The van der Waals surface area contributed by atoms with Gasteiger partial charge in [0.1, 0.15) is 0 Å². The monoisotopic (exact) mass is 333 g/mol. The van der Waals surface area contributed by atoms with Gasteiger partial charge in [0.25, 0.3) is 5.92 Å². The lowest BCUT2D eigenvalue weighted by atomic mass is 10.1. The van der Waals surface area contributed by atoms with Crippen LogP contribution in [0.3, 0.4) is 0 Å². The van der Waals surface area contributed by atoms with Crippen molar-refractivity contribution in [1.29, 1.82) is 0 Å². The summed E-state index contributed by atoms with van der Waals surface area (Å²) >= 11 is 0. The van der Waals surface area contributed by atoms with Crippen molar-refractivity contribution in [2.75, 3.05) is 39.0 Å². The molecule has 1 atom stereocenters. The lowest BCUT2D eigenvalue weighted by Gasteiger charge is -2.34. The Morgan fingerprint density at radius 3 is 2.20 bits per heavy atom. The summed E-state index contributed by atoms with van der Waals surface area (Å²) in [7, 11) is -3.25. The first-order valence-corrected chi connectivity index (χ1v) is 7.89. The highest BCUT2D eigenvalue weighted by Gasteiger charge is 2.44. The SMILES string of the molecule is CS(=O)(=O)N1CCN(C(=O)C2CC(F)(F)CN2)CC1.Cl. The predicted octanol–water partition coefficient (Wildman–Crippen LogP) is -0.491. The van der Waals surface area contributed by atoms with E-state index in [4.69, 9.17) is 0 Å². The summed E-state index contributed by atoms with van der Waals surface area (Å²) in [5, 5.41) is 2.51.